The van der Waals surface area contributed by atoms with Gasteiger partial charge in [0.15, 0.2) is 0 Å². The summed E-state index contributed by atoms with van der Waals surface area (Å²) in [6.07, 6.45) is 2.45. The molecular weight excluding hydrogens is 692 g/mol. The van der Waals surface area contributed by atoms with E-state index in [4.69, 9.17) is 0 Å². The predicted molar refractivity (Wildman–Crippen MR) is 178 cm³/mol. The smallest absolute Gasteiger partial charge is 0.347 e. The molecule has 4 aromatic rings. The van der Waals surface area contributed by atoms with E-state index in [1.165, 1.54) is 24.4 Å². The highest BCUT2D eigenvalue weighted by Gasteiger charge is 2.36. The van der Waals surface area contributed by atoms with Crippen LogP contribution >= 0.6 is 11.3 Å². The van der Waals surface area contributed by atoms with Gasteiger partial charge in [-0.3, -0.25) is 19.3 Å². The van der Waals surface area contributed by atoms with Crippen LogP contribution in [0.15, 0.2) is 60.4 Å². The molecule has 0 bridgehead atoms. The van der Waals surface area contributed by atoms with Crippen LogP contribution in [0.2, 0.25) is 0 Å². The largest absolute Gasteiger partial charge is 0.416 e. The van der Waals surface area contributed by atoms with Crippen molar-refractivity contribution in [1.82, 2.24) is 20.2 Å². The number of urea groups is 1. The van der Waals surface area contributed by atoms with Gasteiger partial charge in [0.2, 0.25) is 0 Å². The molecule has 3 aromatic heterocycles. The number of nitrogens with zero attached hydrogens (tertiary/aromatic N) is 5. The molecule has 12 nitrogen and oxygen atoms in total. The summed E-state index contributed by atoms with van der Waals surface area (Å²) >= 11 is 1.02. The van der Waals surface area contributed by atoms with Crippen LogP contribution in [0.5, 0.6) is 0 Å². The van der Waals surface area contributed by atoms with Crippen molar-refractivity contribution in [1.29, 1.82) is 5.26 Å². The Labute approximate surface area is 290 Å². The quantitative estimate of drug-likeness (QED) is 0.114. The summed E-state index contributed by atoms with van der Waals surface area (Å²) in [5.41, 5.74) is -0.999. The number of thiophene rings is 1. The lowest BCUT2D eigenvalue weighted by Gasteiger charge is -2.33. The lowest BCUT2D eigenvalue weighted by Crippen LogP contribution is -2.50. The van der Waals surface area contributed by atoms with E-state index in [9.17, 15) is 37.6 Å². The fourth-order valence-corrected chi connectivity index (χ4v) is 7.05. The number of hydrogen-bond donors (Lipinski definition) is 3. The maximum absolute atomic E-state index is 15.6. The molecule has 17 heteroatoms. The molecule has 5 amide bonds. The minimum absolute atomic E-state index is 0.103. The fourth-order valence-electron chi connectivity index (χ4n) is 6.03. The third-order valence-corrected chi connectivity index (χ3v) is 9.75. The third kappa shape index (κ3) is 6.69. The molecular formula is C34H26F4N8O4S. The van der Waals surface area contributed by atoms with E-state index in [-0.39, 0.29) is 57.3 Å². The molecule has 2 fully saturated rings. The van der Waals surface area contributed by atoms with Crippen molar-refractivity contribution < 1.29 is 36.7 Å². The number of rotatable bonds is 7. The molecule has 5 heterocycles. The van der Waals surface area contributed by atoms with Crippen LogP contribution < -0.4 is 20.9 Å². The Hall–Kier alpha value is -5.89. The van der Waals surface area contributed by atoms with Crippen molar-refractivity contribution in [2.24, 2.45) is 5.92 Å². The van der Waals surface area contributed by atoms with E-state index in [1.54, 1.807) is 11.0 Å². The number of pyridine rings is 2. The Morgan fingerprint density at radius 3 is 2.55 bits per heavy atom. The van der Waals surface area contributed by atoms with E-state index in [0.717, 1.165) is 47.4 Å². The van der Waals surface area contributed by atoms with E-state index >= 15 is 4.39 Å². The van der Waals surface area contributed by atoms with Gasteiger partial charge in [0.05, 0.1) is 28.0 Å². The summed E-state index contributed by atoms with van der Waals surface area (Å²) in [5.74, 6) is -2.92. The Balaban J connectivity index is 1.10. The number of carbonyl (C=O) groups excluding carboxylic acids is 4. The van der Waals surface area contributed by atoms with Gasteiger partial charge in [-0.15, -0.1) is 11.3 Å². The van der Waals surface area contributed by atoms with Gasteiger partial charge in [-0.25, -0.2) is 19.2 Å². The second kappa shape index (κ2) is 13.1. The first-order valence-electron chi connectivity index (χ1n) is 15.8. The Morgan fingerprint density at radius 2 is 1.82 bits per heavy atom. The Morgan fingerprint density at radius 1 is 1.04 bits per heavy atom. The minimum Gasteiger partial charge on any atom is -0.347 e. The highest BCUT2D eigenvalue weighted by atomic mass is 32.1. The molecule has 2 aliphatic heterocycles. The molecule has 1 saturated carbocycles. The first-order chi connectivity index (χ1) is 24.4. The van der Waals surface area contributed by atoms with E-state index in [0.29, 0.717) is 35.7 Å². The molecule has 1 aromatic carbocycles. The topological polar surface area (TPSA) is 160 Å². The zero-order valence-electron chi connectivity index (χ0n) is 26.4. The van der Waals surface area contributed by atoms with E-state index < -0.39 is 41.4 Å². The van der Waals surface area contributed by atoms with Gasteiger partial charge in [-0.2, -0.15) is 18.4 Å². The van der Waals surface area contributed by atoms with Crippen LogP contribution in [0.3, 0.4) is 0 Å². The molecule has 1 unspecified atom stereocenters. The SMILES string of the molecule is N#CC(=CC1CC1)C(=O)N1CCCC(NC(=O)c2sc3nccc4c3c2NC(=O)N4c2ccc(C(=O)Nc3cc(C(F)(F)F)ccn3)cc2F)C1. The number of benzene rings is 1. The monoisotopic (exact) mass is 718 g/mol. The van der Waals surface area contributed by atoms with Crippen LogP contribution in [-0.4, -0.2) is 57.8 Å². The number of halogens is 4. The number of carbonyl (C=O) groups is 4. The zero-order chi connectivity index (χ0) is 36.0. The van der Waals surface area contributed by atoms with Gasteiger partial charge in [-0.1, -0.05) is 6.08 Å². The molecule has 0 radical (unpaired) electrons. The first-order valence-corrected chi connectivity index (χ1v) is 16.6. The standard InChI is InChI=1S/C34H26F4N8O4S/c35-22-13-18(29(47)43-25-14-20(7-9-40-25)34(36,37)38)5-6-23(22)46-24-8-10-41-31-26(24)27(44-33(46)50)28(51-31)30(48)42-21-2-1-11-45(16-21)32(49)19(15-39)12-17-3-4-17/h5-10,12-14,17,21H,1-4,11,16H2,(H,42,48)(H,44,50)(H,40,43,47). The molecule has 260 valence electrons. The van der Waals surface area contributed by atoms with Crippen molar-refractivity contribution in [2.45, 2.75) is 37.9 Å². The van der Waals surface area contributed by atoms with Gasteiger partial charge >= 0.3 is 12.2 Å². The fraction of sp³-hybridized carbons (Fsp3) is 0.265. The average Bonchev–Trinajstić information content (AvgIpc) is 3.86. The summed E-state index contributed by atoms with van der Waals surface area (Å²) in [7, 11) is 0. The molecule has 7 rings (SSSR count). The molecule has 1 aliphatic carbocycles. The van der Waals surface area contributed by atoms with Gasteiger partial charge < -0.3 is 20.9 Å². The van der Waals surface area contributed by atoms with Crippen LogP contribution in [0.25, 0.3) is 10.2 Å². The second-order valence-electron chi connectivity index (χ2n) is 12.2. The second-order valence-corrected chi connectivity index (χ2v) is 13.2. The summed E-state index contributed by atoms with van der Waals surface area (Å²) < 4.78 is 54.8. The van der Waals surface area contributed by atoms with Crippen molar-refractivity contribution in [3.8, 4) is 6.07 Å². The van der Waals surface area contributed by atoms with Crippen molar-refractivity contribution >= 4 is 68.2 Å². The van der Waals surface area contributed by atoms with E-state index in [2.05, 4.69) is 25.9 Å². The number of allylic oxidation sites excluding steroid dienone is 1. The minimum atomic E-state index is -4.66. The highest BCUT2D eigenvalue weighted by Crippen LogP contribution is 2.46. The zero-order valence-corrected chi connectivity index (χ0v) is 27.2. The van der Waals surface area contributed by atoms with Crippen molar-refractivity contribution in [2.75, 3.05) is 28.6 Å². The van der Waals surface area contributed by atoms with Gasteiger partial charge in [0, 0.05) is 37.1 Å². The molecule has 3 N–H and O–H groups in total. The molecule has 1 atom stereocenters. The van der Waals surface area contributed by atoms with Gasteiger partial charge in [0.25, 0.3) is 17.7 Å². The number of hydrogen-bond acceptors (Lipinski definition) is 8. The summed E-state index contributed by atoms with van der Waals surface area (Å²) in [4.78, 5) is 64.1. The lowest BCUT2D eigenvalue weighted by atomic mass is 10.0. The molecule has 0 spiro atoms. The summed E-state index contributed by atoms with van der Waals surface area (Å²) in [6.45, 7) is 0.666. The van der Waals surface area contributed by atoms with Crippen molar-refractivity contribution in [3.05, 3.63) is 82.3 Å². The number of anilines is 4. The van der Waals surface area contributed by atoms with E-state index in [1.807, 2.05) is 6.07 Å². The summed E-state index contributed by atoms with van der Waals surface area (Å²) in [5, 5.41) is 17.7. The number of alkyl halides is 3. The lowest BCUT2D eigenvalue weighted by molar-refractivity contribution is -0.137. The van der Waals surface area contributed by atoms with Crippen LogP contribution in [0.1, 0.15) is 51.3 Å². The van der Waals surface area contributed by atoms with Crippen molar-refractivity contribution in [3.63, 3.8) is 0 Å². The number of aromatic nitrogens is 2. The maximum atomic E-state index is 15.6. The van der Waals surface area contributed by atoms with Crippen LogP contribution in [0, 0.1) is 23.1 Å². The third-order valence-electron chi connectivity index (χ3n) is 8.65. The number of likely N-dealkylation sites (tertiary alicyclic amines) is 1. The number of nitrogens with one attached hydrogen (secondary N) is 3. The van der Waals surface area contributed by atoms with Gasteiger partial charge in [0.1, 0.15) is 33.0 Å². The normalized spacial score (nSPS) is 17.5. The number of amides is 5. The molecule has 3 aliphatic rings. The first kappa shape index (κ1) is 33.6. The molecule has 1 saturated heterocycles. The van der Waals surface area contributed by atoms with Crippen LogP contribution in [0.4, 0.5) is 45.2 Å². The maximum Gasteiger partial charge on any atom is 0.416 e. The van der Waals surface area contributed by atoms with Gasteiger partial charge in [-0.05, 0) is 68.0 Å². The predicted octanol–water partition coefficient (Wildman–Crippen LogP) is 6.37. The molecule has 51 heavy (non-hydrogen) atoms. The average molecular weight is 719 g/mol. The Bertz CT molecular complexity index is 2190. The summed E-state index contributed by atoms with van der Waals surface area (Å²) in [6, 6.07) is 6.87. The number of nitriles is 1. The number of piperidine rings is 1. The Kier molecular flexibility index (Phi) is 8.63. The van der Waals surface area contributed by atoms with Crippen LogP contribution in [-0.2, 0) is 11.0 Å². The highest BCUT2D eigenvalue weighted by molar-refractivity contribution is 7.21.